The Kier molecular flexibility index (Phi) is 1.94. The molecule has 13 heavy (non-hydrogen) atoms. The summed E-state index contributed by atoms with van der Waals surface area (Å²) in [6, 6.07) is 8.23. The third-order valence-corrected chi connectivity index (χ3v) is 2.31. The van der Waals surface area contributed by atoms with E-state index in [1.54, 1.807) is 0 Å². The third kappa shape index (κ3) is 1.50. The Bertz CT molecular complexity index is 365. The molecule has 2 rings (SSSR count). The van der Waals surface area contributed by atoms with Gasteiger partial charge in [0.05, 0.1) is 0 Å². The topological polar surface area (TPSA) is 33.0 Å². The molecule has 0 saturated carbocycles. The lowest BCUT2D eigenvalue weighted by atomic mass is 10.0. The monoisotopic (exact) mass is 173 g/mol. The number of hydrogen-bond donors (Lipinski definition) is 0. The van der Waals surface area contributed by atoms with Crippen LogP contribution in [0.2, 0.25) is 0 Å². The number of aryl methyl sites for hydroxylation is 2. The minimum absolute atomic E-state index is 0.254. The molecule has 0 aliphatic carbocycles. The average molecular weight is 173 g/mol. The molecule has 0 aromatic heterocycles. The maximum atomic E-state index is 8.70. The number of benzene rings is 1. The summed E-state index contributed by atoms with van der Waals surface area (Å²) in [7, 11) is 0. The highest BCUT2D eigenvalue weighted by Crippen LogP contribution is 2.27. The predicted octanol–water partition coefficient (Wildman–Crippen LogP) is 2.21. The van der Waals surface area contributed by atoms with Gasteiger partial charge in [0.25, 0.3) is 0 Å². The quantitative estimate of drug-likeness (QED) is 0.602. The summed E-state index contributed by atoms with van der Waals surface area (Å²) in [5.41, 5.74) is 2.48. The second kappa shape index (κ2) is 3.10. The van der Waals surface area contributed by atoms with E-state index in [9.17, 15) is 0 Å². The average Bonchev–Trinajstić information content (AvgIpc) is 2.17. The molecule has 1 atom stereocenters. The molecule has 0 fully saturated rings. The van der Waals surface area contributed by atoms with Gasteiger partial charge in [-0.15, -0.1) is 0 Å². The molecule has 2 nitrogen and oxygen atoms in total. The van der Waals surface area contributed by atoms with Crippen LogP contribution in [0.3, 0.4) is 0 Å². The van der Waals surface area contributed by atoms with Crippen LogP contribution in [0.1, 0.15) is 17.5 Å². The Morgan fingerprint density at radius 2 is 2.38 bits per heavy atom. The van der Waals surface area contributed by atoms with Crippen molar-refractivity contribution in [2.45, 2.75) is 25.9 Å². The molecule has 1 aromatic carbocycles. The van der Waals surface area contributed by atoms with E-state index in [2.05, 4.69) is 19.1 Å². The molecule has 0 bridgehead atoms. The van der Waals surface area contributed by atoms with Gasteiger partial charge >= 0.3 is 0 Å². The van der Waals surface area contributed by atoms with Crippen LogP contribution in [-0.4, -0.2) is 6.10 Å². The minimum Gasteiger partial charge on any atom is -0.475 e. The molecule has 1 aliphatic heterocycles. The van der Waals surface area contributed by atoms with Crippen molar-refractivity contribution in [2.75, 3.05) is 0 Å². The van der Waals surface area contributed by atoms with Gasteiger partial charge in [-0.3, -0.25) is 0 Å². The molecule has 0 N–H and O–H groups in total. The van der Waals surface area contributed by atoms with Gasteiger partial charge in [0.15, 0.2) is 6.10 Å². The molecular weight excluding hydrogens is 162 g/mol. The van der Waals surface area contributed by atoms with Crippen molar-refractivity contribution >= 4 is 0 Å². The normalized spacial score (nSPS) is 19.8. The summed E-state index contributed by atoms with van der Waals surface area (Å²) in [6.45, 7) is 2.07. The van der Waals surface area contributed by atoms with Crippen LogP contribution in [0.5, 0.6) is 5.75 Å². The highest BCUT2D eigenvalue weighted by molar-refractivity contribution is 5.39. The highest BCUT2D eigenvalue weighted by atomic mass is 16.5. The first-order valence-corrected chi connectivity index (χ1v) is 4.45. The van der Waals surface area contributed by atoms with Crippen molar-refractivity contribution in [3.63, 3.8) is 0 Å². The van der Waals surface area contributed by atoms with Crippen LogP contribution < -0.4 is 4.74 Å². The molecule has 0 saturated heterocycles. The first-order valence-electron chi connectivity index (χ1n) is 4.45. The lowest BCUT2D eigenvalue weighted by Crippen LogP contribution is -2.20. The summed E-state index contributed by atoms with van der Waals surface area (Å²) in [4.78, 5) is 0. The molecule has 1 aromatic rings. The number of fused-ring (bicyclic) bond motifs is 1. The Morgan fingerprint density at radius 3 is 3.15 bits per heavy atom. The summed E-state index contributed by atoms with van der Waals surface area (Å²) in [5.74, 6) is 0.878. The number of nitrogens with zero attached hydrogens (tertiary/aromatic N) is 1. The second-order valence-corrected chi connectivity index (χ2v) is 3.39. The van der Waals surface area contributed by atoms with Crippen molar-refractivity contribution in [1.82, 2.24) is 0 Å². The van der Waals surface area contributed by atoms with E-state index in [1.165, 1.54) is 11.1 Å². The molecule has 1 heterocycles. The fourth-order valence-corrected chi connectivity index (χ4v) is 1.61. The molecule has 1 unspecified atom stereocenters. The van der Waals surface area contributed by atoms with Crippen LogP contribution >= 0.6 is 0 Å². The van der Waals surface area contributed by atoms with Crippen LogP contribution in [0.15, 0.2) is 18.2 Å². The van der Waals surface area contributed by atoms with E-state index in [1.807, 2.05) is 12.1 Å². The SMILES string of the molecule is Cc1ccc2c(c1)CCC(C#N)O2. The largest absolute Gasteiger partial charge is 0.475 e. The van der Waals surface area contributed by atoms with Gasteiger partial charge in [0.1, 0.15) is 11.8 Å². The van der Waals surface area contributed by atoms with E-state index in [0.717, 1.165) is 18.6 Å². The van der Waals surface area contributed by atoms with Crippen LogP contribution in [0.4, 0.5) is 0 Å². The number of ether oxygens (including phenoxy) is 1. The highest BCUT2D eigenvalue weighted by Gasteiger charge is 2.18. The lowest BCUT2D eigenvalue weighted by molar-refractivity contribution is 0.225. The third-order valence-electron chi connectivity index (χ3n) is 2.31. The lowest BCUT2D eigenvalue weighted by Gasteiger charge is -2.21. The standard InChI is InChI=1S/C11H11NO/c1-8-2-5-11-9(6-8)3-4-10(7-12)13-11/h2,5-6,10H,3-4H2,1H3. The maximum Gasteiger partial charge on any atom is 0.184 e. The second-order valence-electron chi connectivity index (χ2n) is 3.39. The van der Waals surface area contributed by atoms with Gasteiger partial charge in [-0.05, 0) is 25.0 Å². The summed E-state index contributed by atoms with van der Waals surface area (Å²) in [6.07, 6.45) is 1.51. The van der Waals surface area contributed by atoms with E-state index in [4.69, 9.17) is 10.00 Å². The van der Waals surface area contributed by atoms with E-state index in [0.29, 0.717) is 0 Å². The predicted molar refractivity (Wildman–Crippen MR) is 49.5 cm³/mol. The van der Waals surface area contributed by atoms with E-state index < -0.39 is 0 Å². The number of rotatable bonds is 0. The Labute approximate surface area is 77.8 Å². The summed E-state index contributed by atoms with van der Waals surface area (Å²) < 4.78 is 5.47. The number of nitriles is 1. The Morgan fingerprint density at radius 1 is 1.54 bits per heavy atom. The van der Waals surface area contributed by atoms with Gasteiger partial charge in [-0.25, -0.2) is 0 Å². The van der Waals surface area contributed by atoms with Crippen LogP contribution in [0, 0.1) is 18.3 Å². The fourth-order valence-electron chi connectivity index (χ4n) is 1.61. The molecule has 1 aliphatic rings. The van der Waals surface area contributed by atoms with Gasteiger partial charge in [-0.2, -0.15) is 5.26 Å². The number of hydrogen-bond acceptors (Lipinski definition) is 2. The van der Waals surface area contributed by atoms with Crippen LogP contribution in [0.25, 0.3) is 0 Å². The Hall–Kier alpha value is -1.49. The van der Waals surface area contributed by atoms with Crippen molar-refractivity contribution in [3.8, 4) is 11.8 Å². The smallest absolute Gasteiger partial charge is 0.184 e. The van der Waals surface area contributed by atoms with Crippen LogP contribution in [-0.2, 0) is 6.42 Å². The van der Waals surface area contributed by atoms with Gasteiger partial charge in [0, 0.05) is 6.42 Å². The molecule has 2 heteroatoms. The zero-order chi connectivity index (χ0) is 9.26. The summed E-state index contributed by atoms with van der Waals surface area (Å²) in [5, 5.41) is 8.70. The van der Waals surface area contributed by atoms with Gasteiger partial charge < -0.3 is 4.74 Å². The minimum atomic E-state index is -0.254. The van der Waals surface area contributed by atoms with Crippen molar-refractivity contribution in [2.24, 2.45) is 0 Å². The molecule has 66 valence electrons. The van der Waals surface area contributed by atoms with Crippen molar-refractivity contribution in [3.05, 3.63) is 29.3 Å². The van der Waals surface area contributed by atoms with Crippen molar-refractivity contribution in [1.29, 1.82) is 5.26 Å². The molecule has 0 spiro atoms. The van der Waals surface area contributed by atoms with E-state index >= 15 is 0 Å². The zero-order valence-electron chi connectivity index (χ0n) is 7.58. The Balaban J connectivity index is 2.32. The fraction of sp³-hybridized carbons (Fsp3) is 0.364. The zero-order valence-corrected chi connectivity index (χ0v) is 7.58. The molecular formula is C11H11NO. The van der Waals surface area contributed by atoms with Gasteiger partial charge in [0.2, 0.25) is 0 Å². The molecule has 0 radical (unpaired) electrons. The first kappa shape index (κ1) is 8.12. The van der Waals surface area contributed by atoms with Gasteiger partial charge in [-0.1, -0.05) is 17.7 Å². The first-order chi connectivity index (χ1) is 6.29. The maximum absolute atomic E-state index is 8.70. The van der Waals surface area contributed by atoms with Crippen molar-refractivity contribution < 1.29 is 4.74 Å². The van der Waals surface area contributed by atoms with E-state index in [-0.39, 0.29) is 6.10 Å². The summed E-state index contributed by atoms with van der Waals surface area (Å²) >= 11 is 0. The molecule has 0 amide bonds.